The van der Waals surface area contributed by atoms with E-state index in [4.69, 9.17) is 0 Å². The van der Waals surface area contributed by atoms with E-state index in [1.165, 1.54) is 41.4 Å². The number of rotatable bonds is 2. The number of aromatic nitrogens is 1. The Kier molecular flexibility index (Phi) is 4.43. The van der Waals surface area contributed by atoms with Gasteiger partial charge in [-0.15, -0.1) is 0 Å². The van der Waals surface area contributed by atoms with Crippen LogP contribution in [0, 0.1) is 0 Å². The first kappa shape index (κ1) is 13.2. The lowest BCUT2D eigenvalue weighted by molar-refractivity contribution is 0.465. The summed E-state index contributed by atoms with van der Waals surface area (Å²) in [5.41, 5.74) is 4.25. The highest BCUT2D eigenvalue weighted by molar-refractivity contribution is 5.85. The molecule has 98 valence electrons. The molecule has 3 rings (SSSR count). The van der Waals surface area contributed by atoms with Crippen LogP contribution in [0.1, 0.15) is 50.9 Å². The molecule has 1 aliphatic carbocycles. The van der Waals surface area contributed by atoms with E-state index in [1.807, 2.05) is 13.8 Å². The lowest BCUT2D eigenvalue weighted by atomic mass is 9.92. The van der Waals surface area contributed by atoms with Gasteiger partial charge < -0.3 is 10.3 Å². The highest BCUT2D eigenvalue weighted by Crippen LogP contribution is 2.34. The van der Waals surface area contributed by atoms with E-state index in [0.717, 1.165) is 6.54 Å². The summed E-state index contributed by atoms with van der Waals surface area (Å²) < 4.78 is 0. The smallest absolute Gasteiger partial charge is 0.0476 e. The molecular formula is C16H24N2. The van der Waals surface area contributed by atoms with Gasteiger partial charge in [-0.2, -0.15) is 0 Å². The molecule has 2 aromatic rings. The summed E-state index contributed by atoms with van der Waals surface area (Å²) in [7, 11) is 0. The van der Waals surface area contributed by atoms with Crippen LogP contribution in [0.15, 0.2) is 24.3 Å². The SMILES string of the molecule is CC.CCNC1CCCc2c1[nH]c1ccccc21. The summed E-state index contributed by atoms with van der Waals surface area (Å²) in [5.74, 6) is 0. The van der Waals surface area contributed by atoms with Crippen molar-refractivity contribution in [3.05, 3.63) is 35.5 Å². The summed E-state index contributed by atoms with van der Waals surface area (Å²) in [6, 6.07) is 9.18. The molecule has 0 spiro atoms. The average molecular weight is 244 g/mol. The molecule has 1 aromatic heterocycles. The van der Waals surface area contributed by atoms with Crippen molar-refractivity contribution >= 4 is 10.9 Å². The second-order valence-corrected chi connectivity index (χ2v) is 4.57. The predicted molar refractivity (Wildman–Crippen MR) is 79.0 cm³/mol. The highest BCUT2D eigenvalue weighted by atomic mass is 14.9. The normalized spacial score (nSPS) is 18.1. The fourth-order valence-electron chi connectivity index (χ4n) is 2.87. The molecule has 0 amide bonds. The summed E-state index contributed by atoms with van der Waals surface area (Å²) in [4.78, 5) is 3.59. The number of H-pyrrole nitrogens is 1. The lowest BCUT2D eigenvalue weighted by Gasteiger charge is -2.23. The van der Waals surface area contributed by atoms with Gasteiger partial charge in [0.2, 0.25) is 0 Å². The largest absolute Gasteiger partial charge is 0.357 e. The zero-order valence-corrected chi connectivity index (χ0v) is 11.7. The Hall–Kier alpha value is -1.28. The lowest BCUT2D eigenvalue weighted by Crippen LogP contribution is -2.24. The fraction of sp³-hybridized carbons (Fsp3) is 0.500. The fourth-order valence-corrected chi connectivity index (χ4v) is 2.87. The van der Waals surface area contributed by atoms with Crippen LogP contribution >= 0.6 is 0 Å². The minimum atomic E-state index is 0.529. The van der Waals surface area contributed by atoms with Crippen LogP contribution in [0.5, 0.6) is 0 Å². The van der Waals surface area contributed by atoms with E-state index in [-0.39, 0.29) is 0 Å². The molecule has 1 heterocycles. The van der Waals surface area contributed by atoms with Gasteiger partial charge in [-0.05, 0) is 37.4 Å². The van der Waals surface area contributed by atoms with Crippen molar-refractivity contribution in [1.82, 2.24) is 10.3 Å². The van der Waals surface area contributed by atoms with Crippen LogP contribution < -0.4 is 5.32 Å². The molecule has 0 saturated heterocycles. The van der Waals surface area contributed by atoms with Gasteiger partial charge in [0.15, 0.2) is 0 Å². The van der Waals surface area contributed by atoms with Gasteiger partial charge in [0.25, 0.3) is 0 Å². The number of fused-ring (bicyclic) bond motifs is 3. The van der Waals surface area contributed by atoms with Crippen LogP contribution in [0.4, 0.5) is 0 Å². The van der Waals surface area contributed by atoms with E-state index >= 15 is 0 Å². The summed E-state index contributed by atoms with van der Waals surface area (Å²) in [6.45, 7) is 7.22. The Balaban J connectivity index is 0.000000574. The van der Waals surface area contributed by atoms with Crippen molar-refractivity contribution < 1.29 is 0 Å². The molecular weight excluding hydrogens is 220 g/mol. The molecule has 0 radical (unpaired) electrons. The predicted octanol–water partition coefficient (Wildman–Crippen LogP) is 4.18. The second-order valence-electron chi connectivity index (χ2n) is 4.57. The second kappa shape index (κ2) is 6.05. The Morgan fingerprint density at radius 2 is 2.06 bits per heavy atom. The molecule has 1 aromatic carbocycles. The summed E-state index contributed by atoms with van der Waals surface area (Å²) >= 11 is 0. The number of aromatic amines is 1. The number of nitrogens with one attached hydrogen (secondary N) is 2. The molecule has 0 fully saturated rings. The Morgan fingerprint density at radius 3 is 2.83 bits per heavy atom. The van der Waals surface area contributed by atoms with Crippen molar-refractivity contribution in [1.29, 1.82) is 0 Å². The van der Waals surface area contributed by atoms with Gasteiger partial charge in [0.05, 0.1) is 0 Å². The average Bonchev–Trinajstić information content (AvgIpc) is 2.81. The van der Waals surface area contributed by atoms with Crippen molar-refractivity contribution in [2.24, 2.45) is 0 Å². The van der Waals surface area contributed by atoms with Crippen LogP contribution in [-0.2, 0) is 6.42 Å². The molecule has 1 aliphatic rings. The van der Waals surface area contributed by atoms with Gasteiger partial charge in [-0.1, -0.05) is 39.0 Å². The first-order chi connectivity index (χ1) is 8.90. The monoisotopic (exact) mass is 244 g/mol. The first-order valence-corrected chi connectivity index (χ1v) is 7.23. The summed E-state index contributed by atoms with van der Waals surface area (Å²) in [6.07, 6.45) is 3.78. The number of hydrogen-bond donors (Lipinski definition) is 2. The van der Waals surface area contributed by atoms with E-state index in [9.17, 15) is 0 Å². The molecule has 2 N–H and O–H groups in total. The maximum atomic E-state index is 3.59. The van der Waals surface area contributed by atoms with Gasteiger partial charge in [0.1, 0.15) is 0 Å². The van der Waals surface area contributed by atoms with Crippen molar-refractivity contribution in [2.45, 2.75) is 46.1 Å². The first-order valence-electron chi connectivity index (χ1n) is 7.23. The Labute approximate surface area is 110 Å². The molecule has 0 saturated carbocycles. The third-order valence-electron chi connectivity index (χ3n) is 3.57. The zero-order valence-electron chi connectivity index (χ0n) is 11.7. The van der Waals surface area contributed by atoms with Gasteiger partial charge >= 0.3 is 0 Å². The molecule has 18 heavy (non-hydrogen) atoms. The third-order valence-corrected chi connectivity index (χ3v) is 3.57. The standard InChI is InChI=1S/C14H18N2.C2H6/c1-2-15-13-9-5-7-11-10-6-3-4-8-12(10)16-14(11)13;1-2/h3-4,6,8,13,15-16H,2,5,7,9H2,1H3;1-2H3. The van der Waals surface area contributed by atoms with Gasteiger partial charge in [0, 0.05) is 22.6 Å². The molecule has 2 nitrogen and oxygen atoms in total. The van der Waals surface area contributed by atoms with Crippen molar-refractivity contribution in [3.63, 3.8) is 0 Å². The van der Waals surface area contributed by atoms with Crippen LogP contribution in [0.2, 0.25) is 0 Å². The molecule has 0 bridgehead atoms. The van der Waals surface area contributed by atoms with E-state index < -0.39 is 0 Å². The van der Waals surface area contributed by atoms with Crippen LogP contribution in [0.25, 0.3) is 10.9 Å². The van der Waals surface area contributed by atoms with Crippen molar-refractivity contribution in [2.75, 3.05) is 6.54 Å². The molecule has 1 unspecified atom stereocenters. The topological polar surface area (TPSA) is 27.8 Å². The number of benzene rings is 1. The van der Waals surface area contributed by atoms with E-state index in [0.29, 0.717) is 6.04 Å². The van der Waals surface area contributed by atoms with E-state index in [1.54, 1.807) is 0 Å². The maximum Gasteiger partial charge on any atom is 0.0476 e. The number of para-hydroxylation sites is 1. The quantitative estimate of drug-likeness (QED) is 0.815. The van der Waals surface area contributed by atoms with Crippen molar-refractivity contribution in [3.8, 4) is 0 Å². The Morgan fingerprint density at radius 1 is 1.28 bits per heavy atom. The molecule has 1 atom stereocenters. The van der Waals surface area contributed by atoms with Gasteiger partial charge in [-0.3, -0.25) is 0 Å². The maximum absolute atomic E-state index is 3.59. The summed E-state index contributed by atoms with van der Waals surface area (Å²) in [5, 5.41) is 4.99. The van der Waals surface area contributed by atoms with Crippen LogP contribution in [-0.4, -0.2) is 11.5 Å². The van der Waals surface area contributed by atoms with E-state index in [2.05, 4.69) is 41.5 Å². The molecule has 0 aliphatic heterocycles. The minimum Gasteiger partial charge on any atom is -0.357 e. The number of hydrogen-bond acceptors (Lipinski definition) is 1. The third kappa shape index (κ3) is 2.30. The number of aryl methyl sites for hydroxylation is 1. The minimum absolute atomic E-state index is 0.529. The molecule has 2 heteroatoms. The highest BCUT2D eigenvalue weighted by Gasteiger charge is 2.22. The van der Waals surface area contributed by atoms with Crippen LogP contribution in [0.3, 0.4) is 0 Å². The zero-order chi connectivity index (χ0) is 13.0. The van der Waals surface area contributed by atoms with Gasteiger partial charge in [-0.25, -0.2) is 0 Å². The Bertz CT molecular complexity index is 499.